The van der Waals surface area contributed by atoms with Crippen LogP contribution in [0, 0.1) is 23.0 Å². The summed E-state index contributed by atoms with van der Waals surface area (Å²) >= 11 is 3.11. The van der Waals surface area contributed by atoms with Crippen molar-refractivity contribution < 1.29 is 14.5 Å². The SMILES string of the molecule is Cc1ccc(NC(=O)C2CCN(C(=O)c3ccc(Br)c([N+](=O)[O-])c3)CC2)nc1. The molecule has 1 saturated heterocycles. The van der Waals surface area contributed by atoms with Gasteiger partial charge in [0.25, 0.3) is 11.6 Å². The average molecular weight is 447 g/mol. The van der Waals surface area contributed by atoms with Gasteiger partial charge in [-0.3, -0.25) is 19.7 Å². The van der Waals surface area contributed by atoms with E-state index in [0.29, 0.717) is 36.2 Å². The summed E-state index contributed by atoms with van der Waals surface area (Å²) in [5.74, 6) is -0.0694. The Kier molecular flexibility index (Phi) is 6.03. The molecule has 0 aliphatic carbocycles. The van der Waals surface area contributed by atoms with Crippen molar-refractivity contribution in [2.75, 3.05) is 18.4 Å². The normalized spacial score (nSPS) is 14.6. The van der Waals surface area contributed by atoms with Gasteiger partial charge in [-0.25, -0.2) is 4.98 Å². The molecule has 0 saturated carbocycles. The summed E-state index contributed by atoms with van der Waals surface area (Å²) in [6.45, 7) is 2.76. The number of carbonyl (C=O) groups excluding carboxylic acids is 2. The molecule has 0 bridgehead atoms. The first-order valence-electron chi connectivity index (χ1n) is 8.82. The van der Waals surface area contributed by atoms with Gasteiger partial charge in [-0.05, 0) is 59.5 Å². The Balaban J connectivity index is 1.59. The van der Waals surface area contributed by atoms with E-state index in [2.05, 4.69) is 26.2 Å². The Hall–Kier alpha value is -2.81. The Bertz CT molecular complexity index is 909. The van der Waals surface area contributed by atoms with Crippen LogP contribution >= 0.6 is 15.9 Å². The predicted molar refractivity (Wildman–Crippen MR) is 107 cm³/mol. The molecule has 1 aromatic heterocycles. The number of carbonyl (C=O) groups is 2. The number of nitrogens with one attached hydrogen (secondary N) is 1. The number of nitro groups is 1. The van der Waals surface area contributed by atoms with Gasteiger partial charge in [0.1, 0.15) is 5.82 Å². The highest BCUT2D eigenvalue weighted by Gasteiger charge is 2.29. The van der Waals surface area contributed by atoms with E-state index >= 15 is 0 Å². The summed E-state index contributed by atoms with van der Waals surface area (Å²) in [6, 6.07) is 7.96. The van der Waals surface area contributed by atoms with E-state index in [4.69, 9.17) is 0 Å². The van der Waals surface area contributed by atoms with Crippen LogP contribution in [0.25, 0.3) is 0 Å². The van der Waals surface area contributed by atoms with E-state index in [-0.39, 0.29) is 29.0 Å². The molecule has 3 rings (SSSR count). The number of pyridine rings is 1. The van der Waals surface area contributed by atoms with Crippen LogP contribution in [0.4, 0.5) is 11.5 Å². The van der Waals surface area contributed by atoms with Gasteiger partial charge in [0.15, 0.2) is 0 Å². The van der Waals surface area contributed by atoms with Gasteiger partial charge in [0.2, 0.25) is 5.91 Å². The second-order valence-electron chi connectivity index (χ2n) is 6.70. The lowest BCUT2D eigenvalue weighted by atomic mass is 9.95. The monoisotopic (exact) mass is 446 g/mol. The molecule has 1 aromatic carbocycles. The molecule has 0 radical (unpaired) electrons. The molecule has 1 fully saturated rings. The Labute approximate surface area is 170 Å². The van der Waals surface area contributed by atoms with Crippen LogP contribution in [-0.2, 0) is 4.79 Å². The first-order chi connectivity index (χ1) is 13.3. The van der Waals surface area contributed by atoms with Crippen LogP contribution in [-0.4, -0.2) is 39.7 Å². The summed E-state index contributed by atoms with van der Waals surface area (Å²) in [7, 11) is 0. The maximum absolute atomic E-state index is 12.7. The van der Waals surface area contributed by atoms with Crippen molar-refractivity contribution in [3.63, 3.8) is 0 Å². The number of anilines is 1. The zero-order valence-corrected chi connectivity index (χ0v) is 16.8. The largest absolute Gasteiger partial charge is 0.339 e. The van der Waals surface area contributed by atoms with Crippen LogP contribution in [0.5, 0.6) is 0 Å². The van der Waals surface area contributed by atoms with Crippen molar-refractivity contribution >= 4 is 39.2 Å². The zero-order chi connectivity index (χ0) is 20.3. The number of nitrogens with zero attached hydrogens (tertiary/aromatic N) is 3. The van der Waals surface area contributed by atoms with Gasteiger partial charge < -0.3 is 10.2 Å². The van der Waals surface area contributed by atoms with E-state index in [1.165, 1.54) is 12.1 Å². The van der Waals surface area contributed by atoms with E-state index in [1.54, 1.807) is 23.2 Å². The molecular weight excluding hydrogens is 428 g/mol. The molecule has 8 nitrogen and oxygen atoms in total. The summed E-state index contributed by atoms with van der Waals surface area (Å²) in [4.78, 5) is 41.4. The highest BCUT2D eigenvalue weighted by Crippen LogP contribution is 2.27. The van der Waals surface area contributed by atoms with Gasteiger partial charge in [-0.15, -0.1) is 0 Å². The lowest BCUT2D eigenvalue weighted by Gasteiger charge is -2.31. The van der Waals surface area contributed by atoms with Crippen LogP contribution in [0.3, 0.4) is 0 Å². The van der Waals surface area contributed by atoms with E-state index < -0.39 is 4.92 Å². The van der Waals surface area contributed by atoms with Gasteiger partial charge in [-0.2, -0.15) is 0 Å². The highest BCUT2D eigenvalue weighted by atomic mass is 79.9. The van der Waals surface area contributed by atoms with Crippen molar-refractivity contribution in [2.45, 2.75) is 19.8 Å². The average Bonchev–Trinajstić information content (AvgIpc) is 2.69. The van der Waals surface area contributed by atoms with Crippen LogP contribution in [0.15, 0.2) is 41.0 Å². The molecule has 0 spiro atoms. The van der Waals surface area contributed by atoms with E-state index in [9.17, 15) is 19.7 Å². The molecular formula is C19H19BrN4O4. The smallest absolute Gasteiger partial charge is 0.284 e. The molecule has 9 heteroatoms. The molecule has 1 aliphatic heterocycles. The minimum absolute atomic E-state index is 0.109. The number of benzene rings is 1. The Morgan fingerprint density at radius 3 is 2.57 bits per heavy atom. The van der Waals surface area contributed by atoms with Crippen LogP contribution in [0.2, 0.25) is 0 Å². The van der Waals surface area contributed by atoms with Crippen molar-refractivity contribution in [3.8, 4) is 0 Å². The fourth-order valence-corrected chi connectivity index (χ4v) is 3.47. The first-order valence-corrected chi connectivity index (χ1v) is 9.61. The molecule has 28 heavy (non-hydrogen) atoms. The maximum atomic E-state index is 12.7. The molecule has 2 aromatic rings. The second-order valence-corrected chi connectivity index (χ2v) is 7.55. The summed E-state index contributed by atoms with van der Waals surface area (Å²) in [5.41, 5.74) is 1.13. The number of amides is 2. The number of likely N-dealkylation sites (tertiary alicyclic amines) is 1. The quantitative estimate of drug-likeness (QED) is 0.570. The van der Waals surface area contributed by atoms with Crippen molar-refractivity contribution in [2.24, 2.45) is 5.92 Å². The minimum Gasteiger partial charge on any atom is -0.339 e. The molecule has 0 atom stereocenters. The lowest BCUT2D eigenvalue weighted by Crippen LogP contribution is -2.41. The molecule has 1 N–H and O–H groups in total. The highest BCUT2D eigenvalue weighted by molar-refractivity contribution is 9.10. The van der Waals surface area contributed by atoms with E-state index in [0.717, 1.165) is 5.56 Å². The third kappa shape index (κ3) is 4.53. The lowest BCUT2D eigenvalue weighted by molar-refractivity contribution is -0.385. The maximum Gasteiger partial charge on any atom is 0.284 e. The van der Waals surface area contributed by atoms with Gasteiger partial charge in [0, 0.05) is 36.8 Å². The number of piperidine rings is 1. The third-order valence-corrected chi connectivity index (χ3v) is 5.38. The molecule has 146 valence electrons. The number of aryl methyl sites for hydroxylation is 1. The van der Waals surface area contributed by atoms with Crippen molar-refractivity contribution in [3.05, 3.63) is 62.2 Å². The third-order valence-electron chi connectivity index (χ3n) is 4.71. The summed E-state index contributed by atoms with van der Waals surface area (Å²) < 4.78 is 0.328. The van der Waals surface area contributed by atoms with Crippen molar-refractivity contribution in [1.82, 2.24) is 9.88 Å². The fourth-order valence-electron chi connectivity index (χ4n) is 3.08. The summed E-state index contributed by atoms with van der Waals surface area (Å²) in [5, 5.41) is 13.9. The van der Waals surface area contributed by atoms with Gasteiger partial charge >= 0.3 is 0 Å². The Morgan fingerprint density at radius 2 is 1.96 bits per heavy atom. The second kappa shape index (κ2) is 8.47. The predicted octanol–water partition coefficient (Wildman–Crippen LogP) is 3.55. The fraction of sp³-hybridized carbons (Fsp3) is 0.316. The molecule has 2 amide bonds. The van der Waals surface area contributed by atoms with Crippen LogP contribution in [0.1, 0.15) is 28.8 Å². The van der Waals surface area contributed by atoms with Crippen LogP contribution < -0.4 is 5.32 Å². The molecule has 1 aliphatic rings. The van der Waals surface area contributed by atoms with E-state index in [1.807, 2.05) is 13.0 Å². The Morgan fingerprint density at radius 1 is 1.25 bits per heavy atom. The molecule has 2 heterocycles. The number of rotatable bonds is 4. The van der Waals surface area contributed by atoms with Gasteiger partial charge in [0.05, 0.1) is 9.40 Å². The molecule has 0 unspecified atom stereocenters. The van der Waals surface area contributed by atoms with Gasteiger partial charge in [-0.1, -0.05) is 6.07 Å². The topological polar surface area (TPSA) is 105 Å². The number of hydrogen-bond donors (Lipinski definition) is 1. The number of hydrogen-bond acceptors (Lipinski definition) is 5. The minimum atomic E-state index is -0.531. The summed E-state index contributed by atoms with van der Waals surface area (Å²) in [6.07, 6.45) is 2.75. The number of nitro benzene ring substituents is 1. The number of aromatic nitrogens is 1. The van der Waals surface area contributed by atoms with Crippen molar-refractivity contribution in [1.29, 1.82) is 0 Å². The standard InChI is InChI=1S/C19H19BrN4O4/c1-12-2-5-17(21-11-12)22-18(25)13-6-8-23(9-7-13)19(26)14-3-4-15(20)16(10-14)24(27)28/h2-5,10-11,13H,6-9H2,1H3,(H,21,22,25). The zero-order valence-electron chi connectivity index (χ0n) is 15.2. The first kappa shape index (κ1) is 19.9. The number of halogens is 1.